The first-order chi connectivity index (χ1) is 9.81. The highest BCUT2D eigenvalue weighted by Gasteiger charge is 2.21. The van der Waals surface area contributed by atoms with Gasteiger partial charge >= 0.3 is 0 Å². The molecule has 3 nitrogen and oxygen atoms in total. The van der Waals surface area contributed by atoms with Crippen molar-refractivity contribution in [2.24, 2.45) is 0 Å². The summed E-state index contributed by atoms with van der Waals surface area (Å²) in [5.41, 5.74) is 1.07. The number of aliphatic hydroxyl groups excluding tert-OH is 1. The van der Waals surface area contributed by atoms with Gasteiger partial charge in [0.2, 0.25) is 0 Å². The highest BCUT2D eigenvalue weighted by molar-refractivity contribution is 6.31. The second kappa shape index (κ2) is 8.50. The van der Waals surface area contributed by atoms with Gasteiger partial charge in [-0.1, -0.05) is 24.1 Å². The smallest absolute Gasteiger partial charge is 0.125 e. The van der Waals surface area contributed by atoms with Gasteiger partial charge in [0.25, 0.3) is 0 Å². The van der Waals surface area contributed by atoms with Crippen LogP contribution in [0, 0.1) is 0 Å². The Balaban J connectivity index is 1.78. The molecule has 112 valence electrons. The molecule has 1 saturated carbocycles. The molecule has 0 aliphatic heterocycles. The zero-order valence-corrected chi connectivity index (χ0v) is 12.7. The van der Waals surface area contributed by atoms with E-state index in [1.165, 1.54) is 12.8 Å². The number of unbranched alkanes of at least 4 members (excludes halogenated alkanes) is 3. The van der Waals surface area contributed by atoms with Crippen LogP contribution in [0.5, 0.6) is 5.75 Å². The van der Waals surface area contributed by atoms with Crippen molar-refractivity contribution in [2.75, 3.05) is 13.2 Å². The number of hydrogen-bond acceptors (Lipinski definition) is 3. The maximum atomic E-state index is 8.72. The second-order valence-electron chi connectivity index (χ2n) is 5.36. The molecule has 0 bridgehead atoms. The Kier molecular flexibility index (Phi) is 6.64. The fourth-order valence-electron chi connectivity index (χ4n) is 2.13. The Hall–Kier alpha value is -0.770. The number of aliphatic hydroxyl groups is 1. The summed E-state index contributed by atoms with van der Waals surface area (Å²) in [7, 11) is 0. The largest absolute Gasteiger partial charge is 0.493 e. The topological polar surface area (TPSA) is 41.5 Å². The number of rotatable bonds is 10. The van der Waals surface area contributed by atoms with Crippen LogP contribution >= 0.6 is 11.6 Å². The normalized spacial score (nSPS) is 14.5. The predicted molar refractivity (Wildman–Crippen MR) is 82.4 cm³/mol. The molecule has 1 aromatic rings. The van der Waals surface area contributed by atoms with E-state index >= 15 is 0 Å². The number of ether oxygens (including phenoxy) is 1. The first kappa shape index (κ1) is 15.6. The Morgan fingerprint density at radius 3 is 2.75 bits per heavy atom. The van der Waals surface area contributed by atoms with Crippen LogP contribution in [0.4, 0.5) is 0 Å². The first-order valence-corrected chi connectivity index (χ1v) is 7.93. The standard InChI is InChI=1S/C16H24ClNO2/c17-15-6-5-7-16(14(15)12-18-13-8-9-13)20-11-4-2-1-3-10-19/h5-7,13,18-19H,1-4,8-12H2. The molecule has 0 amide bonds. The van der Waals surface area contributed by atoms with Crippen LogP contribution in [0.15, 0.2) is 18.2 Å². The van der Waals surface area contributed by atoms with E-state index in [9.17, 15) is 0 Å². The number of hydrogen-bond donors (Lipinski definition) is 2. The van der Waals surface area contributed by atoms with Gasteiger partial charge in [0.05, 0.1) is 6.61 Å². The molecule has 1 aliphatic carbocycles. The van der Waals surface area contributed by atoms with Gasteiger partial charge in [0.15, 0.2) is 0 Å². The van der Waals surface area contributed by atoms with Crippen LogP contribution in [0.25, 0.3) is 0 Å². The van der Waals surface area contributed by atoms with Crippen LogP contribution < -0.4 is 10.1 Å². The van der Waals surface area contributed by atoms with Gasteiger partial charge in [-0.2, -0.15) is 0 Å². The zero-order chi connectivity index (χ0) is 14.2. The molecule has 2 N–H and O–H groups in total. The van der Waals surface area contributed by atoms with E-state index in [4.69, 9.17) is 21.4 Å². The Morgan fingerprint density at radius 2 is 2.00 bits per heavy atom. The number of halogens is 1. The average Bonchev–Trinajstić information content (AvgIpc) is 3.26. The van der Waals surface area contributed by atoms with Crippen LogP contribution in [0.1, 0.15) is 44.1 Å². The third-order valence-corrected chi connectivity index (χ3v) is 3.88. The number of nitrogens with one attached hydrogen (secondary N) is 1. The van der Waals surface area contributed by atoms with E-state index < -0.39 is 0 Å². The maximum absolute atomic E-state index is 8.72. The van der Waals surface area contributed by atoms with Crippen LogP contribution in [-0.4, -0.2) is 24.4 Å². The Morgan fingerprint density at radius 1 is 1.20 bits per heavy atom. The van der Waals surface area contributed by atoms with Crippen molar-refractivity contribution in [3.8, 4) is 5.75 Å². The van der Waals surface area contributed by atoms with E-state index in [-0.39, 0.29) is 6.61 Å². The SMILES string of the molecule is OCCCCCCOc1cccc(Cl)c1CNC1CC1. The summed E-state index contributed by atoms with van der Waals surface area (Å²) in [6.45, 7) is 1.78. The third-order valence-electron chi connectivity index (χ3n) is 3.53. The van der Waals surface area contributed by atoms with Gasteiger partial charge in [-0.15, -0.1) is 0 Å². The van der Waals surface area contributed by atoms with Crippen molar-refractivity contribution in [3.05, 3.63) is 28.8 Å². The molecule has 20 heavy (non-hydrogen) atoms. The van der Waals surface area contributed by atoms with Crippen LogP contribution in [0.3, 0.4) is 0 Å². The van der Waals surface area contributed by atoms with Crippen LogP contribution in [0.2, 0.25) is 5.02 Å². The average molecular weight is 298 g/mol. The Labute approximate surface area is 126 Å². The fourth-order valence-corrected chi connectivity index (χ4v) is 2.36. The monoisotopic (exact) mass is 297 g/mol. The van der Waals surface area contributed by atoms with Gasteiger partial charge in [0.1, 0.15) is 5.75 Å². The molecule has 0 heterocycles. The molecule has 0 unspecified atom stereocenters. The summed E-state index contributed by atoms with van der Waals surface area (Å²) < 4.78 is 5.86. The van der Waals surface area contributed by atoms with Crippen LogP contribution in [-0.2, 0) is 6.54 Å². The third kappa shape index (κ3) is 5.31. The molecular formula is C16H24ClNO2. The minimum atomic E-state index is 0.284. The second-order valence-corrected chi connectivity index (χ2v) is 5.77. The predicted octanol–water partition coefficient (Wildman–Crippen LogP) is 3.52. The van der Waals surface area contributed by atoms with Crippen molar-refractivity contribution in [2.45, 2.75) is 51.1 Å². The number of benzene rings is 1. The van der Waals surface area contributed by atoms with Gasteiger partial charge < -0.3 is 15.2 Å². The highest BCUT2D eigenvalue weighted by atomic mass is 35.5. The molecule has 0 saturated heterocycles. The summed E-state index contributed by atoms with van der Waals surface area (Å²) in [6, 6.07) is 6.50. The van der Waals surface area contributed by atoms with Crippen molar-refractivity contribution in [1.82, 2.24) is 5.32 Å². The Bertz CT molecular complexity index is 407. The lowest BCUT2D eigenvalue weighted by atomic mass is 10.2. The zero-order valence-electron chi connectivity index (χ0n) is 11.9. The molecule has 1 aliphatic rings. The van der Waals surface area contributed by atoms with Gasteiger partial charge in [-0.25, -0.2) is 0 Å². The fraction of sp³-hybridized carbons (Fsp3) is 0.625. The molecule has 0 atom stereocenters. The molecule has 0 radical (unpaired) electrons. The van der Waals surface area contributed by atoms with Crippen molar-refractivity contribution in [1.29, 1.82) is 0 Å². The maximum Gasteiger partial charge on any atom is 0.125 e. The summed E-state index contributed by atoms with van der Waals surface area (Å²) in [5.74, 6) is 0.896. The summed E-state index contributed by atoms with van der Waals surface area (Å²) in [4.78, 5) is 0. The summed E-state index contributed by atoms with van der Waals surface area (Å²) >= 11 is 6.27. The van der Waals surface area contributed by atoms with E-state index in [1.807, 2.05) is 18.2 Å². The van der Waals surface area contributed by atoms with Crippen molar-refractivity contribution < 1.29 is 9.84 Å². The van der Waals surface area contributed by atoms with E-state index in [0.717, 1.165) is 48.6 Å². The van der Waals surface area contributed by atoms with Gasteiger partial charge in [0, 0.05) is 29.8 Å². The molecule has 4 heteroatoms. The lowest BCUT2D eigenvalue weighted by Gasteiger charge is -2.13. The van der Waals surface area contributed by atoms with E-state index in [0.29, 0.717) is 12.6 Å². The first-order valence-electron chi connectivity index (χ1n) is 7.55. The highest BCUT2D eigenvalue weighted by Crippen LogP contribution is 2.28. The summed E-state index contributed by atoms with van der Waals surface area (Å²) in [5, 5.41) is 13.0. The lowest BCUT2D eigenvalue weighted by molar-refractivity contribution is 0.272. The lowest BCUT2D eigenvalue weighted by Crippen LogP contribution is -2.16. The van der Waals surface area contributed by atoms with Gasteiger partial charge in [-0.3, -0.25) is 0 Å². The minimum absolute atomic E-state index is 0.284. The molecular weight excluding hydrogens is 274 g/mol. The molecule has 0 spiro atoms. The van der Waals surface area contributed by atoms with Gasteiger partial charge in [-0.05, 0) is 44.2 Å². The van der Waals surface area contributed by atoms with Crippen molar-refractivity contribution >= 4 is 11.6 Å². The minimum Gasteiger partial charge on any atom is -0.493 e. The molecule has 0 aromatic heterocycles. The molecule has 1 fully saturated rings. The quantitative estimate of drug-likeness (QED) is 0.649. The molecule has 1 aromatic carbocycles. The summed E-state index contributed by atoms with van der Waals surface area (Å²) in [6.07, 6.45) is 6.59. The van der Waals surface area contributed by atoms with Crippen molar-refractivity contribution in [3.63, 3.8) is 0 Å². The van der Waals surface area contributed by atoms with E-state index in [2.05, 4.69) is 5.32 Å². The van der Waals surface area contributed by atoms with E-state index in [1.54, 1.807) is 0 Å². The molecule has 2 rings (SSSR count).